The summed E-state index contributed by atoms with van der Waals surface area (Å²) in [6.07, 6.45) is 0. The molecule has 96 valence electrons. The quantitative estimate of drug-likeness (QED) is 0.743. The fourth-order valence-corrected chi connectivity index (χ4v) is 2.75. The zero-order valence-electron chi connectivity index (χ0n) is 9.84. The summed E-state index contributed by atoms with van der Waals surface area (Å²) in [5, 5.41) is 9.05. The van der Waals surface area contributed by atoms with Crippen molar-refractivity contribution in [2.45, 2.75) is 6.54 Å². The van der Waals surface area contributed by atoms with E-state index in [1.54, 1.807) is 23.5 Å². The summed E-state index contributed by atoms with van der Waals surface area (Å²) in [5.41, 5.74) is 0.983. The zero-order chi connectivity index (χ0) is 13.2. The lowest BCUT2D eigenvalue weighted by molar-refractivity contribution is 0.626. The Balaban J connectivity index is 1.99. The molecule has 6 heteroatoms. The average Bonchev–Trinajstić information content (AvgIpc) is 3.03. The normalized spacial score (nSPS) is 10.8. The van der Waals surface area contributed by atoms with Crippen LogP contribution in [0.5, 0.6) is 0 Å². The minimum atomic E-state index is -0.238. The van der Waals surface area contributed by atoms with Crippen LogP contribution in [-0.2, 0) is 6.54 Å². The van der Waals surface area contributed by atoms with Gasteiger partial charge in [-0.25, -0.2) is 4.39 Å². The summed E-state index contributed by atoms with van der Waals surface area (Å²) < 4.78 is 15.4. The van der Waals surface area contributed by atoms with Gasteiger partial charge in [0.1, 0.15) is 5.82 Å². The first-order valence-corrected chi connectivity index (χ1v) is 6.96. The van der Waals surface area contributed by atoms with Gasteiger partial charge in [-0.3, -0.25) is 9.67 Å². The third-order valence-corrected chi connectivity index (χ3v) is 3.93. The average molecular weight is 291 g/mol. The van der Waals surface area contributed by atoms with Gasteiger partial charge in [-0.1, -0.05) is 18.2 Å². The van der Waals surface area contributed by atoms with Crippen molar-refractivity contribution in [1.29, 1.82) is 0 Å². The zero-order valence-corrected chi connectivity index (χ0v) is 11.5. The predicted molar refractivity (Wildman–Crippen MR) is 76.2 cm³/mol. The number of H-pyrrole nitrogens is 1. The molecule has 19 heavy (non-hydrogen) atoms. The maximum absolute atomic E-state index is 12.9. The molecule has 1 N–H and O–H groups in total. The molecular weight excluding hydrogens is 281 g/mol. The van der Waals surface area contributed by atoms with Gasteiger partial charge in [-0.05, 0) is 41.4 Å². The summed E-state index contributed by atoms with van der Waals surface area (Å²) in [4.78, 5) is 1.05. The summed E-state index contributed by atoms with van der Waals surface area (Å²) in [7, 11) is 0. The number of nitrogens with one attached hydrogen (secondary N) is 1. The van der Waals surface area contributed by atoms with Crippen LogP contribution in [0.3, 0.4) is 0 Å². The third kappa shape index (κ3) is 2.50. The van der Waals surface area contributed by atoms with E-state index in [1.165, 1.54) is 12.1 Å². The first-order valence-electron chi connectivity index (χ1n) is 5.67. The standard InChI is InChI=1S/C13H10FN3S2/c14-10-5-3-9(4-6-10)8-17-12(15-16-13(17)18)11-2-1-7-19-11/h1-7H,8H2,(H,16,18). The summed E-state index contributed by atoms with van der Waals surface area (Å²) >= 11 is 6.85. The number of nitrogens with zero attached hydrogens (tertiary/aromatic N) is 2. The number of rotatable bonds is 3. The van der Waals surface area contributed by atoms with Crippen molar-refractivity contribution < 1.29 is 4.39 Å². The van der Waals surface area contributed by atoms with Crippen LogP contribution in [0.25, 0.3) is 10.7 Å². The molecule has 2 heterocycles. The molecule has 3 nitrogen and oxygen atoms in total. The summed E-state index contributed by atoms with van der Waals surface area (Å²) in [6, 6.07) is 10.4. The number of aromatic nitrogens is 3. The summed E-state index contributed by atoms with van der Waals surface area (Å²) in [6.45, 7) is 0.572. The first kappa shape index (κ1) is 12.3. The lowest BCUT2D eigenvalue weighted by atomic mass is 10.2. The van der Waals surface area contributed by atoms with Crippen LogP contribution in [0.1, 0.15) is 5.56 Å². The number of aromatic amines is 1. The molecule has 0 unspecified atom stereocenters. The van der Waals surface area contributed by atoms with Crippen molar-refractivity contribution in [1.82, 2.24) is 14.8 Å². The Labute approximate surface area is 118 Å². The van der Waals surface area contributed by atoms with Crippen molar-refractivity contribution in [2.24, 2.45) is 0 Å². The molecule has 0 saturated heterocycles. The van der Waals surface area contributed by atoms with Crippen LogP contribution in [0.2, 0.25) is 0 Å². The van der Waals surface area contributed by atoms with Gasteiger partial charge in [-0.2, -0.15) is 5.10 Å². The van der Waals surface area contributed by atoms with E-state index in [4.69, 9.17) is 12.2 Å². The fourth-order valence-electron chi connectivity index (χ4n) is 1.83. The van der Waals surface area contributed by atoms with E-state index < -0.39 is 0 Å². The van der Waals surface area contributed by atoms with Gasteiger partial charge in [0.2, 0.25) is 0 Å². The number of halogens is 1. The van der Waals surface area contributed by atoms with Gasteiger partial charge in [0.15, 0.2) is 10.6 Å². The van der Waals surface area contributed by atoms with Crippen molar-refractivity contribution in [3.05, 3.63) is 57.9 Å². The number of benzene rings is 1. The van der Waals surface area contributed by atoms with Crippen LogP contribution >= 0.6 is 23.6 Å². The molecule has 0 spiro atoms. The minimum absolute atomic E-state index is 0.238. The largest absolute Gasteiger partial charge is 0.295 e. The van der Waals surface area contributed by atoms with Crippen LogP contribution in [-0.4, -0.2) is 14.8 Å². The highest BCUT2D eigenvalue weighted by atomic mass is 32.1. The molecule has 2 aromatic heterocycles. The van der Waals surface area contributed by atoms with E-state index in [2.05, 4.69) is 10.2 Å². The third-order valence-electron chi connectivity index (χ3n) is 2.75. The van der Waals surface area contributed by atoms with Crippen LogP contribution < -0.4 is 0 Å². The second kappa shape index (κ2) is 5.07. The Kier molecular flexibility index (Phi) is 3.27. The van der Waals surface area contributed by atoms with Crippen LogP contribution in [0.15, 0.2) is 41.8 Å². The molecule has 0 aliphatic carbocycles. The van der Waals surface area contributed by atoms with E-state index in [-0.39, 0.29) is 5.82 Å². The monoisotopic (exact) mass is 291 g/mol. The molecule has 0 bridgehead atoms. The molecule has 0 radical (unpaired) electrons. The van der Waals surface area contributed by atoms with Crippen molar-refractivity contribution in [2.75, 3.05) is 0 Å². The van der Waals surface area contributed by atoms with E-state index in [9.17, 15) is 4.39 Å². The molecule has 0 amide bonds. The second-order valence-electron chi connectivity index (χ2n) is 4.04. The SMILES string of the molecule is Fc1ccc(Cn2c(-c3cccs3)n[nH]c2=S)cc1. The molecule has 3 aromatic rings. The van der Waals surface area contributed by atoms with Gasteiger partial charge in [0.25, 0.3) is 0 Å². The van der Waals surface area contributed by atoms with E-state index in [0.29, 0.717) is 11.3 Å². The summed E-state index contributed by atoms with van der Waals surface area (Å²) in [5.74, 6) is 0.572. The van der Waals surface area contributed by atoms with Gasteiger partial charge < -0.3 is 0 Å². The Hall–Kier alpha value is -1.79. The van der Waals surface area contributed by atoms with Crippen LogP contribution in [0, 0.1) is 10.6 Å². The van der Waals surface area contributed by atoms with Gasteiger partial charge >= 0.3 is 0 Å². The Morgan fingerprint density at radius 3 is 2.74 bits per heavy atom. The highest BCUT2D eigenvalue weighted by Crippen LogP contribution is 2.23. The van der Waals surface area contributed by atoms with Gasteiger partial charge in [0, 0.05) is 0 Å². The lowest BCUT2D eigenvalue weighted by Crippen LogP contribution is -2.01. The lowest BCUT2D eigenvalue weighted by Gasteiger charge is -2.05. The minimum Gasteiger partial charge on any atom is -0.295 e. The van der Waals surface area contributed by atoms with Crippen molar-refractivity contribution >= 4 is 23.6 Å². The second-order valence-corrected chi connectivity index (χ2v) is 5.38. The van der Waals surface area contributed by atoms with Gasteiger partial charge in [0.05, 0.1) is 11.4 Å². The Bertz CT molecular complexity index is 726. The Morgan fingerprint density at radius 1 is 1.26 bits per heavy atom. The van der Waals surface area contributed by atoms with E-state index >= 15 is 0 Å². The highest BCUT2D eigenvalue weighted by molar-refractivity contribution is 7.71. The predicted octanol–water partition coefficient (Wildman–Crippen LogP) is 3.86. The maximum atomic E-state index is 12.9. The fraction of sp³-hybridized carbons (Fsp3) is 0.0769. The first-order chi connectivity index (χ1) is 9.24. The molecule has 1 aromatic carbocycles. The topological polar surface area (TPSA) is 33.6 Å². The molecule has 0 saturated carbocycles. The van der Waals surface area contributed by atoms with Crippen molar-refractivity contribution in [3.63, 3.8) is 0 Å². The molecule has 0 aliphatic rings. The number of hydrogen-bond acceptors (Lipinski definition) is 3. The van der Waals surface area contributed by atoms with Crippen molar-refractivity contribution in [3.8, 4) is 10.7 Å². The number of thiophene rings is 1. The van der Waals surface area contributed by atoms with Gasteiger partial charge in [-0.15, -0.1) is 11.3 Å². The number of hydrogen-bond donors (Lipinski definition) is 1. The van der Waals surface area contributed by atoms with Crippen LogP contribution in [0.4, 0.5) is 4.39 Å². The highest BCUT2D eigenvalue weighted by Gasteiger charge is 2.10. The molecule has 0 fully saturated rings. The van der Waals surface area contributed by atoms with E-state index in [0.717, 1.165) is 16.3 Å². The maximum Gasteiger partial charge on any atom is 0.195 e. The molecule has 3 rings (SSSR count). The smallest absolute Gasteiger partial charge is 0.195 e. The molecular formula is C13H10FN3S2. The van der Waals surface area contributed by atoms with E-state index in [1.807, 2.05) is 22.1 Å². The molecule has 0 atom stereocenters. The Morgan fingerprint density at radius 2 is 2.05 bits per heavy atom. The molecule has 0 aliphatic heterocycles.